The molecule has 3 atom stereocenters. The summed E-state index contributed by atoms with van der Waals surface area (Å²) < 4.78 is 10.5. The summed E-state index contributed by atoms with van der Waals surface area (Å²) in [5.74, 6) is -0.876. The van der Waals surface area contributed by atoms with Crippen molar-refractivity contribution in [3.05, 3.63) is 35.9 Å². The molecule has 1 aliphatic heterocycles. The van der Waals surface area contributed by atoms with Gasteiger partial charge in [0.2, 0.25) is 11.8 Å². The number of esters is 1. The van der Waals surface area contributed by atoms with Crippen molar-refractivity contribution < 1.29 is 28.7 Å². The number of hydrogen-bond donors (Lipinski definition) is 1. The van der Waals surface area contributed by atoms with Crippen molar-refractivity contribution in [2.24, 2.45) is 5.92 Å². The Hall–Kier alpha value is -2.75. The molecule has 0 bridgehead atoms. The molecule has 9 nitrogen and oxygen atoms in total. The molecule has 38 heavy (non-hydrogen) atoms. The minimum absolute atomic E-state index is 0.183. The Morgan fingerprint density at radius 3 is 2.37 bits per heavy atom. The largest absolute Gasteiger partial charge is 0.467 e. The van der Waals surface area contributed by atoms with Crippen LogP contribution in [0.3, 0.4) is 0 Å². The number of carbonyl (C=O) groups excluding carboxylic acids is 4. The maximum Gasteiger partial charge on any atom is 0.410 e. The summed E-state index contributed by atoms with van der Waals surface area (Å²) in [5.41, 5.74) is 0.157. The lowest BCUT2D eigenvalue weighted by molar-refractivity contribution is -0.149. The number of benzene rings is 1. The van der Waals surface area contributed by atoms with Crippen LogP contribution in [0, 0.1) is 5.92 Å². The second-order valence-electron chi connectivity index (χ2n) is 10.8. The lowest BCUT2D eigenvalue weighted by Crippen LogP contribution is -2.58. The lowest BCUT2D eigenvalue weighted by atomic mass is 9.98. The third-order valence-corrected chi connectivity index (χ3v) is 6.94. The van der Waals surface area contributed by atoms with Gasteiger partial charge in [-0.1, -0.05) is 44.2 Å². The van der Waals surface area contributed by atoms with Crippen molar-refractivity contribution in [3.8, 4) is 0 Å². The van der Waals surface area contributed by atoms with Crippen molar-refractivity contribution in [2.45, 2.75) is 84.2 Å². The average molecular weight is 550 g/mol. The van der Waals surface area contributed by atoms with E-state index in [-0.39, 0.29) is 18.4 Å². The van der Waals surface area contributed by atoms with Crippen LogP contribution in [0.15, 0.2) is 30.3 Å². The van der Waals surface area contributed by atoms with Crippen LogP contribution >= 0.6 is 11.8 Å². The molecule has 0 spiro atoms. The minimum Gasteiger partial charge on any atom is -0.467 e. The van der Waals surface area contributed by atoms with Gasteiger partial charge in [-0.25, -0.2) is 9.59 Å². The van der Waals surface area contributed by atoms with E-state index in [1.54, 1.807) is 37.4 Å². The maximum atomic E-state index is 14.1. The molecule has 1 aliphatic rings. The van der Waals surface area contributed by atoms with Gasteiger partial charge in [-0.15, -0.1) is 0 Å². The molecule has 1 N–H and O–H groups in total. The van der Waals surface area contributed by atoms with E-state index in [0.29, 0.717) is 31.6 Å². The number of methoxy groups -OCH3 is 1. The Bertz CT molecular complexity index is 950. The number of hydrogen-bond acceptors (Lipinski definition) is 7. The van der Waals surface area contributed by atoms with Crippen LogP contribution in [-0.4, -0.2) is 83.1 Å². The van der Waals surface area contributed by atoms with E-state index in [1.165, 1.54) is 12.0 Å². The van der Waals surface area contributed by atoms with Gasteiger partial charge in [0.15, 0.2) is 0 Å². The number of amides is 3. The summed E-state index contributed by atoms with van der Waals surface area (Å²) in [6.07, 6.45) is 2.93. The zero-order valence-electron chi connectivity index (χ0n) is 23.7. The monoisotopic (exact) mass is 549 g/mol. The van der Waals surface area contributed by atoms with E-state index < -0.39 is 41.7 Å². The molecule has 0 radical (unpaired) electrons. The summed E-state index contributed by atoms with van der Waals surface area (Å²) >= 11 is 1.56. The molecule has 1 heterocycles. The Morgan fingerprint density at radius 2 is 1.82 bits per heavy atom. The summed E-state index contributed by atoms with van der Waals surface area (Å²) in [6, 6.07) is 7.00. The molecule has 2 rings (SSSR count). The molecule has 1 unspecified atom stereocenters. The highest BCUT2D eigenvalue weighted by Gasteiger charge is 2.43. The topological polar surface area (TPSA) is 105 Å². The third-order valence-electron chi connectivity index (χ3n) is 6.29. The zero-order valence-corrected chi connectivity index (χ0v) is 24.5. The van der Waals surface area contributed by atoms with Crippen molar-refractivity contribution in [1.82, 2.24) is 15.1 Å². The van der Waals surface area contributed by atoms with Crippen molar-refractivity contribution >= 4 is 35.6 Å². The van der Waals surface area contributed by atoms with Gasteiger partial charge in [-0.3, -0.25) is 14.5 Å². The SMILES string of the molecule is COC(=O)[C@H](CCSC)NC(=O)C(C(C)C)N(Cc1ccccc1)C(=O)[C@@H]1CCCN1C(=O)OC(C)(C)C. The maximum absolute atomic E-state index is 14.1. The fourth-order valence-corrected chi connectivity index (χ4v) is 5.01. The first-order valence-corrected chi connectivity index (χ1v) is 14.5. The molecule has 0 saturated carbocycles. The Labute approximate surface area is 231 Å². The molecular weight excluding hydrogens is 506 g/mol. The molecule has 0 aliphatic carbocycles. The van der Waals surface area contributed by atoms with E-state index in [2.05, 4.69) is 5.32 Å². The highest BCUT2D eigenvalue weighted by molar-refractivity contribution is 7.98. The van der Waals surface area contributed by atoms with Gasteiger partial charge in [0, 0.05) is 13.1 Å². The van der Waals surface area contributed by atoms with Gasteiger partial charge in [0.1, 0.15) is 23.7 Å². The van der Waals surface area contributed by atoms with Crippen LogP contribution in [0.4, 0.5) is 4.79 Å². The molecule has 0 aromatic heterocycles. The third kappa shape index (κ3) is 8.92. The predicted octanol–water partition coefficient (Wildman–Crippen LogP) is 3.85. The van der Waals surface area contributed by atoms with Gasteiger partial charge < -0.3 is 19.7 Å². The molecule has 1 fully saturated rings. The van der Waals surface area contributed by atoms with E-state index in [1.807, 2.05) is 50.4 Å². The molecule has 10 heteroatoms. The molecule has 212 valence electrons. The fraction of sp³-hybridized carbons (Fsp3) is 0.643. The second-order valence-corrected chi connectivity index (χ2v) is 11.8. The summed E-state index contributed by atoms with van der Waals surface area (Å²) in [5, 5.41) is 2.83. The molecule has 3 amide bonds. The standard InChI is InChI=1S/C28H43N3O6S/c1-19(2)23(24(32)29-21(15-17-38-7)26(34)36-6)31(18-20-12-9-8-10-13-20)25(33)22-14-11-16-30(22)27(35)37-28(3,4)5/h8-10,12-13,19,21-23H,11,14-18H2,1-7H3,(H,29,32)/t21-,22-,23?/m0/s1. The van der Waals surface area contributed by atoms with Gasteiger partial charge in [0.05, 0.1) is 7.11 Å². The Balaban J connectivity index is 2.41. The number of carbonyl (C=O) groups is 4. The van der Waals surface area contributed by atoms with Gasteiger partial charge in [-0.05, 0) is 63.5 Å². The van der Waals surface area contributed by atoms with Crippen LogP contribution in [-0.2, 0) is 30.4 Å². The van der Waals surface area contributed by atoms with Crippen molar-refractivity contribution in [1.29, 1.82) is 0 Å². The number of thioether (sulfide) groups is 1. The molecular formula is C28H43N3O6S. The fourth-order valence-electron chi connectivity index (χ4n) is 4.54. The summed E-state index contributed by atoms with van der Waals surface area (Å²) in [6.45, 7) is 9.67. The van der Waals surface area contributed by atoms with E-state index >= 15 is 0 Å². The summed E-state index contributed by atoms with van der Waals surface area (Å²) in [7, 11) is 1.29. The second kappa shape index (κ2) is 14.4. The number of ether oxygens (including phenoxy) is 2. The number of rotatable bonds is 11. The molecule has 1 saturated heterocycles. The number of likely N-dealkylation sites (tertiary alicyclic amines) is 1. The highest BCUT2D eigenvalue weighted by atomic mass is 32.2. The van der Waals surface area contributed by atoms with Gasteiger partial charge in [-0.2, -0.15) is 11.8 Å². The number of nitrogens with one attached hydrogen (secondary N) is 1. The Kier molecular flexibility index (Phi) is 11.9. The first kappa shape index (κ1) is 31.5. The average Bonchev–Trinajstić information content (AvgIpc) is 3.35. The zero-order chi connectivity index (χ0) is 28.5. The quantitative estimate of drug-likeness (QED) is 0.418. The van der Waals surface area contributed by atoms with Crippen molar-refractivity contribution in [2.75, 3.05) is 25.7 Å². The smallest absolute Gasteiger partial charge is 0.410 e. The lowest BCUT2D eigenvalue weighted by Gasteiger charge is -2.37. The highest BCUT2D eigenvalue weighted by Crippen LogP contribution is 2.26. The first-order valence-electron chi connectivity index (χ1n) is 13.1. The van der Waals surface area contributed by atoms with E-state index in [4.69, 9.17) is 9.47 Å². The normalized spacial score (nSPS) is 17.1. The Morgan fingerprint density at radius 1 is 1.16 bits per heavy atom. The van der Waals surface area contributed by atoms with E-state index in [9.17, 15) is 19.2 Å². The van der Waals surface area contributed by atoms with Gasteiger partial charge >= 0.3 is 12.1 Å². The van der Waals surface area contributed by atoms with Crippen LogP contribution < -0.4 is 5.32 Å². The predicted molar refractivity (Wildman–Crippen MR) is 149 cm³/mol. The minimum atomic E-state index is -0.870. The number of nitrogens with zero attached hydrogens (tertiary/aromatic N) is 2. The van der Waals surface area contributed by atoms with Crippen LogP contribution in [0.25, 0.3) is 0 Å². The van der Waals surface area contributed by atoms with Gasteiger partial charge in [0.25, 0.3) is 0 Å². The summed E-state index contributed by atoms with van der Waals surface area (Å²) in [4.78, 5) is 56.2. The first-order chi connectivity index (χ1) is 17.9. The molecule has 1 aromatic carbocycles. The molecule has 1 aromatic rings. The van der Waals surface area contributed by atoms with Crippen LogP contribution in [0.1, 0.15) is 59.4 Å². The van der Waals surface area contributed by atoms with Crippen LogP contribution in [0.2, 0.25) is 0 Å². The van der Waals surface area contributed by atoms with Crippen LogP contribution in [0.5, 0.6) is 0 Å². The van der Waals surface area contributed by atoms with E-state index in [0.717, 1.165) is 5.56 Å². The van der Waals surface area contributed by atoms with Crippen molar-refractivity contribution in [3.63, 3.8) is 0 Å².